The minimum atomic E-state index is -0.160. The second kappa shape index (κ2) is 8.36. The van der Waals surface area contributed by atoms with Crippen LogP contribution in [0.4, 0.5) is 0 Å². The molecule has 4 rings (SSSR count). The molecule has 156 valence electrons. The smallest absolute Gasteiger partial charge is 0.269 e. The molecule has 0 aromatic carbocycles. The molecular weight excluding hydrogens is 378 g/mol. The Morgan fingerprint density at radius 1 is 1.17 bits per heavy atom. The zero-order chi connectivity index (χ0) is 21.3. The topological polar surface area (TPSA) is 91.0 Å². The van der Waals surface area contributed by atoms with Crippen LogP contribution in [0, 0.1) is 13.8 Å². The van der Waals surface area contributed by atoms with Crippen LogP contribution in [0.15, 0.2) is 35.4 Å². The summed E-state index contributed by atoms with van der Waals surface area (Å²) in [7, 11) is 1.61. The number of nitrogens with one attached hydrogen (secondary N) is 2. The van der Waals surface area contributed by atoms with E-state index < -0.39 is 0 Å². The molecule has 0 aliphatic carbocycles. The van der Waals surface area contributed by atoms with Crippen LogP contribution in [0.5, 0.6) is 0 Å². The Kier molecular flexibility index (Phi) is 5.63. The molecule has 30 heavy (non-hydrogen) atoms. The zero-order valence-electron chi connectivity index (χ0n) is 17.7. The number of rotatable bonds is 4. The van der Waals surface area contributed by atoms with Crippen molar-refractivity contribution in [2.75, 3.05) is 20.1 Å². The standard InChI is InChI=1S/C23H27N5O2/c1-14-15(2)22(29)27-20-10-16(11-26-21(14)20)13-28-8-6-17(7-9-28)18-4-5-19(25-12-18)23(30)24-3/h4-5,10-12,17H,6-9,13H2,1-3H3,(H,24,30)(H,27,29). The average molecular weight is 406 g/mol. The first-order valence-electron chi connectivity index (χ1n) is 10.3. The Morgan fingerprint density at radius 2 is 1.93 bits per heavy atom. The molecule has 0 unspecified atom stereocenters. The first kappa shape index (κ1) is 20.2. The molecule has 7 heteroatoms. The van der Waals surface area contributed by atoms with E-state index in [1.54, 1.807) is 13.1 Å². The number of likely N-dealkylation sites (tertiary alicyclic amines) is 1. The number of aromatic amines is 1. The Labute approximate surface area is 175 Å². The number of hydrogen-bond acceptors (Lipinski definition) is 5. The fraction of sp³-hybridized carbons (Fsp3) is 0.391. The number of hydrogen-bond donors (Lipinski definition) is 2. The van der Waals surface area contributed by atoms with Gasteiger partial charge in [0.05, 0.1) is 11.0 Å². The van der Waals surface area contributed by atoms with Crippen LogP contribution < -0.4 is 10.9 Å². The summed E-state index contributed by atoms with van der Waals surface area (Å²) < 4.78 is 0. The summed E-state index contributed by atoms with van der Waals surface area (Å²) >= 11 is 0. The predicted molar refractivity (Wildman–Crippen MR) is 117 cm³/mol. The van der Waals surface area contributed by atoms with Gasteiger partial charge in [-0.1, -0.05) is 6.07 Å². The van der Waals surface area contributed by atoms with Gasteiger partial charge in [-0.2, -0.15) is 0 Å². The second-order valence-corrected chi connectivity index (χ2v) is 8.05. The summed E-state index contributed by atoms with van der Waals surface area (Å²) in [6, 6.07) is 5.86. The summed E-state index contributed by atoms with van der Waals surface area (Å²) in [4.78, 5) is 38.0. The van der Waals surface area contributed by atoms with Crippen LogP contribution in [-0.2, 0) is 6.54 Å². The van der Waals surface area contributed by atoms with Crippen molar-refractivity contribution >= 4 is 16.9 Å². The summed E-state index contributed by atoms with van der Waals surface area (Å²) in [5.41, 5.74) is 6.04. The van der Waals surface area contributed by atoms with Crippen molar-refractivity contribution in [1.82, 2.24) is 25.2 Å². The molecular formula is C23H27N5O2. The molecule has 1 amide bonds. The third-order valence-corrected chi connectivity index (χ3v) is 6.16. The number of fused-ring (bicyclic) bond motifs is 1. The van der Waals surface area contributed by atoms with Crippen molar-refractivity contribution < 1.29 is 4.79 Å². The van der Waals surface area contributed by atoms with Crippen LogP contribution in [-0.4, -0.2) is 45.9 Å². The van der Waals surface area contributed by atoms with Crippen LogP contribution in [0.1, 0.15) is 51.5 Å². The van der Waals surface area contributed by atoms with E-state index in [2.05, 4.69) is 25.2 Å². The molecule has 0 spiro atoms. The summed E-state index contributed by atoms with van der Waals surface area (Å²) in [6.07, 6.45) is 5.85. The van der Waals surface area contributed by atoms with E-state index in [1.165, 1.54) is 5.56 Å². The molecule has 4 heterocycles. The van der Waals surface area contributed by atoms with Crippen molar-refractivity contribution in [3.63, 3.8) is 0 Å². The van der Waals surface area contributed by atoms with Gasteiger partial charge in [0.25, 0.3) is 11.5 Å². The molecule has 2 N–H and O–H groups in total. The lowest BCUT2D eigenvalue weighted by atomic mass is 9.90. The van der Waals surface area contributed by atoms with E-state index in [1.807, 2.05) is 38.4 Å². The van der Waals surface area contributed by atoms with Crippen molar-refractivity contribution in [2.45, 2.75) is 39.2 Å². The third kappa shape index (κ3) is 3.98. The number of carbonyl (C=O) groups excluding carboxylic acids is 1. The number of aromatic nitrogens is 3. The molecule has 0 bridgehead atoms. The van der Waals surface area contributed by atoms with Gasteiger partial charge in [-0.05, 0) is 74.5 Å². The van der Waals surface area contributed by atoms with E-state index in [4.69, 9.17) is 0 Å². The predicted octanol–water partition coefficient (Wildman–Crippen LogP) is 2.67. The molecule has 3 aromatic rings. The zero-order valence-corrected chi connectivity index (χ0v) is 17.7. The largest absolute Gasteiger partial charge is 0.354 e. The van der Waals surface area contributed by atoms with Crippen LogP contribution >= 0.6 is 0 Å². The minimum Gasteiger partial charge on any atom is -0.354 e. The molecule has 1 aliphatic heterocycles. The Morgan fingerprint density at radius 3 is 2.60 bits per heavy atom. The van der Waals surface area contributed by atoms with E-state index in [9.17, 15) is 9.59 Å². The lowest BCUT2D eigenvalue weighted by Gasteiger charge is -2.32. The molecule has 0 atom stereocenters. The quantitative estimate of drug-likeness (QED) is 0.696. The maximum absolute atomic E-state index is 12.1. The van der Waals surface area contributed by atoms with Gasteiger partial charge in [0.2, 0.25) is 0 Å². The average Bonchev–Trinajstić information content (AvgIpc) is 2.77. The number of nitrogens with zero attached hydrogens (tertiary/aromatic N) is 3. The van der Waals surface area contributed by atoms with Crippen LogP contribution in [0.2, 0.25) is 0 Å². The highest BCUT2D eigenvalue weighted by molar-refractivity contribution is 5.91. The molecule has 1 aliphatic rings. The van der Waals surface area contributed by atoms with Crippen molar-refractivity contribution in [2.24, 2.45) is 0 Å². The maximum Gasteiger partial charge on any atom is 0.269 e. The third-order valence-electron chi connectivity index (χ3n) is 6.16. The normalized spacial score (nSPS) is 15.4. The van der Waals surface area contributed by atoms with Gasteiger partial charge in [-0.25, -0.2) is 0 Å². The second-order valence-electron chi connectivity index (χ2n) is 8.05. The SMILES string of the molecule is CNC(=O)c1ccc(C2CCN(Cc3cnc4c(C)c(C)c(=O)[nH]c4c3)CC2)cn1. The maximum atomic E-state index is 12.1. The number of amides is 1. The van der Waals surface area contributed by atoms with E-state index in [0.717, 1.165) is 60.2 Å². The highest BCUT2D eigenvalue weighted by Gasteiger charge is 2.21. The molecule has 1 saturated heterocycles. The molecule has 0 radical (unpaired) electrons. The van der Waals surface area contributed by atoms with Gasteiger partial charge in [-0.3, -0.25) is 24.5 Å². The fourth-order valence-electron chi connectivity index (χ4n) is 4.14. The van der Waals surface area contributed by atoms with E-state index in [-0.39, 0.29) is 11.5 Å². The van der Waals surface area contributed by atoms with Crippen molar-refractivity contribution in [3.8, 4) is 0 Å². The lowest BCUT2D eigenvalue weighted by molar-refractivity contribution is 0.0958. The Balaban J connectivity index is 1.40. The minimum absolute atomic E-state index is 0.0455. The van der Waals surface area contributed by atoms with Gasteiger partial charge in [-0.15, -0.1) is 0 Å². The van der Waals surface area contributed by atoms with Gasteiger partial charge in [0.15, 0.2) is 0 Å². The van der Waals surface area contributed by atoms with E-state index >= 15 is 0 Å². The number of piperidine rings is 1. The highest BCUT2D eigenvalue weighted by Crippen LogP contribution is 2.28. The molecule has 1 fully saturated rings. The summed E-state index contributed by atoms with van der Waals surface area (Å²) in [5.74, 6) is 0.302. The Hall–Kier alpha value is -3.06. The van der Waals surface area contributed by atoms with Gasteiger partial charge < -0.3 is 10.3 Å². The van der Waals surface area contributed by atoms with Crippen LogP contribution in [0.25, 0.3) is 11.0 Å². The van der Waals surface area contributed by atoms with Gasteiger partial charge in [0, 0.05) is 31.5 Å². The van der Waals surface area contributed by atoms with Gasteiger partial charge in [0.1, 0.15) is 5.69 Å². The first-order chi connectivity index (χ1) is 14.5. The number of aryl methyl sites for hydroxylation is 1. The molecule has 3 aromatic heterocycles. The van der Waals surface area contributed by atoms with E-state index in [0.29, 0.717) is 11.6 Å². The lowest BCUT2D eigenvalue weighted by Crippen LogP contribution is -2.32. The number of carbonyl (C=O) groups is 1. The molecule has 0 saturated carbocycles. The number of pyridine rings is 3. The monoisotopic (exact) mass is 405 g/mol. The Bertz CT molecular complexity index is 1130. The summed E-state index contributed by atoms with van der Waals surface area (Å²) in [5, 5.41) is 2.60. The van der Waals surface area contributed by atoms with Gasteiger partial charge >= 0.3 is 0 Å². The molecule has 7 nitrogen and oxygen atoms in total. The fourth-order valence-corrected chi connectivity index (χ4v) is 4.14. The summed E-state index contributed by atoms with van der Waals surface area (Å²) in [6.45, 7) is 6.57. The van der Waals surface area contributed by atoms with Crippen molar-refractivity contribution in [1.29, 1.82) is 0 Å². The van der Waals surface area contributed by atoms with Crippen molar-refractivity contribution in [3.05, 3.63) is 68.9 Å². The van der Waals surface area contributed by atoms with Crippen LogP contribution in [0.3, 0.4) is 0 Å². The first-order valence-corrected chi connectivity index (χ1v) is 10.3. The number of H-pyrrole nitrogens is 1. The highest BCUT2D eigenvalue weighted by atomic mass is 16.1.